The predicted molar refractivity (Wildman–Crippen MR) is 227 cm³/mol. The van der Waals surface area contributed by atoms with Crippen LogP contribution in [-0.4, -0.2) is 115 Å². The first-order chi connectivity index (χ1) is 28.6. The smallest absolute Gasteiger partial charge is 0.323 e. The second-order valence-electron chi connectivity index (χ2n) is 14.6. The molecule has 60 heavy (non-hydrogen) atoms. The Morgan fingerprint density at radius 2 is 1.32 bits per heavy atom. The van der Waals surface area contributed by atoms with Crippen LogP contribution in [0.15, 0.2) is 42.6 Å². The van der Waals surface area contributed by atoms with Gasteiger partial charge in [0, 0.05) is 32.0 Å². The summed E-state index contributed by atoms with van der Waals surface area (Å²) in [6.07, 6.45) is 9.56. The number of ether oxygens (including phenoxy) is 8. The van der Waals surface area contributed by atoms with Gasteiger partial charge in [-0.1, -0.05) is 51.0 Å². The van der Waals surface area contributed by atoms with Gasteiger partial charge in [-0.15, -0.1) is 0 Å². The third-order valence-electron chi connectivity index (χ3n) is 9.85. The van der Waals surface area contributed by atoms with Gasteiger partial charge in [0.1, 0.15) is 18.2 Å². The lowest BCUT2D eigenvalue weighted by Crippen LogP contribution is -2.42. The van der Waals surface area contributed by atoms with Crippen molar-refractivity contribution in [2.45, 2.75) is 90.9 Å². The van der Waals surface area contributed by atoms with Crippen molar-refractivity contribution >= 4 is 42.4 Å². The second-order valence-corrected chi connectivity index (χ2v) is 14.6. The minimum Gasteiger partial charge on any atom is -0.493 e. The van der Waals surface area contributed by atoms with E-state index >= 15 is 0 Å². The maximum absolute atomic E-state index is 13.0. The van der Waals surface area contributed by atoms with Gasteiger partial charge in [-0.3, -0.25) is 28.9 Å². The summed E-state index contributed by atoms with van der Waals surface area (Å²) in [7, 11) is 11.3. The number of hydrogen-bond donors (Lipinski definition) is 0. The van der Waals surface area contributed by atoms with E-state index in [0.717, 1.165) is 24.0 Å². The molecule has 1 unspecified atom stereocenters. The number of esters is 4. The molecule has 0 spiro atoms. The number of nitrogens with zero attached hydrogens (tertiary/aromatic N) is 2. The minimum atomic E-state index is -0.616. The van der Waals surface area contributed by atoms with E-state index in [1.807, 2.05) is 32.1 Å². The highest BCUT2D eigenvalue weighted by Gasteiger charge is 2.34. The molecule has 0 aliphatic rings. The highest BCUT2D eigenvalue weighted by Crippen LogP contribution is 2.39. The van der Waals surface area contributed by atoms with E-state index < -0.39 is 36.2 Å². The Hall–Kier alpha value is -5.57. The number of benzene rings is 2. The molecule has 0 aliphatic carbocycles. The van der Waals surface area contributed by atoms with Gasteiger partial charge in [0.2, 0.25) is 12.2 Å². The summed E-state index contributed by atoms with van der Waals surface area (Å²) in [4.78, 5) is 64.6. The van der Waals surface area contributed by atoms with Crippen LogP contribution in [0.5, 0.6) is 28.7 Å². The van der Waals surface area contributed by atoms with Crippen LogP contribution < -0.4 is 23.7 Å². The molecule has 0 saturated carbocycles. The average Bonchev–Trinajstić information content (AvgIpc) is 3.23. The van der Waals surface area contributed by atoms with Crippen molar-refractivity contribution in [2.24, 2.45) is 11.8 Å². The van der Waals surface area contributed by atoms with Gasteiger partial charge in [-0.25, -0.2) is 0 Å². The molecular formula is C45H64N2O13. The van der Waals surface area contributed by atoms with E-state index in [4.69, 9.17) is 37.9 Å². The van der Waals surface area contributed by atoms with Crippen LogP contribution in [0.1, 0.15) is 83.8 Å². The normalized spacial score (nSPS) is 13.8. The Balaban J connectivity index is 1.91. The first-order valence-corrected chi connectivity index (χ1v) is 20.0. The van der Waals surface area contributed by atoms with E-state index in [-0.39, 0.29) is 43.0 Å². The Labute approximate surface area is 354 Å². The van der Waals surface area contributed by atoms with E-state index in [9.17, 15) is 24.0 Å². The highest BCUT2D eigenvalue weighted by atomic mass is 16.6. The zero-order valence-corrected chi connectivity index (χ0v) is 37.0. The van der Waals surface area contributed by atoms with E-state index in [1.54, 1.807) is 83.7 Å². The molecule has 2 aromatic rings. The van der Waals surface area contributed by atoms with Gasteiger partial charge >= 0.3 is 23.9 Å². The van der Waals surface area contributed by atoms with Crippen LogP contribution in [0.2, 0.25) is 0 Å². The molecule has 1 amide bonds. The second kappa shape index (κ2) is 26.5. The first-order valence-electron chi connectivity index (χ1n) is 20.0. The first kappa shape index (κ1) is 50.6. The van der Waals surface area contributed by atoms with Crippen molar-refractivity contribution < 1.29 is 61.9 Å². The molecule has 0 fully saturated rings. The molecule has 332 valence electrons. The molecule has 0 aromatic heterocycles. The molecule has 0 radical (unpaired) electrons. The molecule has 0 bridgehead atoms. The molecular weight excluding hydrogens is 776 g/mol. The third kappa shape index (κ3) is 17.0. The van der Waals surface area contributed by atoms with Crippen molar-refractivity contribution in [3.05, 3.63) is 53.7 Å². The fourth-order valence-electron chi connectivity index (χ4n) is 6.10. The topological polar surface area (TPSA) is 166 Å². The van der Waals surface area contributed by atoms with Crippen LogP contribution in [0.25, 0.3) is 12.2 Å². The summed E-state index contributed by atoms with van der Waals surface area (Å²) in [5.74, 6) is -0.551. The van der Waals surface area contributed by atoms with Crippen LogP contribution in [0.4, 0.5) is 0 Å². The number of hydrogen-bond acceptors (Lipinski definition) is 14. The van der Waals surface area contributed by atoms with Crippen molar-refractivity contribution in [1.29, 1.82) is 0 Å². The van der Waals surface area contributed by atoms with E-state index in [1.165, 1.54) is 26.0 Å². The molecule has 15 heteroatoms. The summed E-state index contributed by atoms with van der Waals surface area (Å²) in [6, 6.07) is 8.28. The van der Waals surface area contributed by atoms with Gasteiger partial charge in [0.15, 0.2) is 23.0 Å². The number of rotatable bonds is 27. The summed E-state index contributed by atoms with van der Waals surface area (Å²) < 4.78 is 44.3. The summed E-state index contributed by atoms with van der Waals surface area (Å²) in [6.45, 7) is 7.04. The van der Waals surface area contributed by atoms with Crippen molar-refractivity contribution in [1.82, 2.24) is 9.80 Å². The SMILES string of the molecule is COc1ccc(/C=C\c2cc(OC)c(OC)c(OC)c2)cc1OC(=O)CCC(=O)OCCCCCC[C@@H](OC(=O)C(C)N(C)C)[C@H](C)[C@H](OC(C)=O)[C@H](C)/C=C/N(C)C=O. The zero-order valence-electron chi connectivity index (χ0n) is 37.0. The van der Waals surface area contributed by atoms with Crippen molar-refractivity contribution in [2.75, 3.05) is 56.2 Å². The number of methoxy groups -OCH3 is 4. The van der Waals surface area contributed by atoms with Crippen LogP contribution in [0.3, 0.4) is 0 Å². The minimum absolute atomic E-state index is 0.152. The Morgan fingerprint density at radius 1 is 0.717 bits per heavy atom. The van der Waals surface area contributed by atoms with Gasteiger partial charge in [0.25, 0.3) is 0 Å². The highest BCUT2D eigenvalue weighted by molar-refractivity contribution is 5.80. The molecule has 0 N–H and O–H groups in total. The third-order valence-corrected chi connectivity index (χ3v) is 9.85. The van der Waals surface area contributed by atoms with Crippen LogP contribution in [-0.2, 0) is 38.2 Å². The molecule has 5 atom stereocenters. The number of carbonyl (C=O) groups excluding carboxylic acids is 5. The van der Waals surface area contributed by atoms with Crippen LogP contribution in [0, 0.1) is 11.8 Å². The fraction of sp³-hybridized carbons (Fsp3) is 0.533. The standard InChI is InChI=1S/C45H64N2O13/c1-30(23-24-47(7)29-48)43(58-33(4)49)31(2)36(60-45(52)32(3)46(5)6)16-14-12-13-15-25-57-41(50)21-22-42(51)59-38-26-34(19-20-37(38)53-8)17-18-35-27-39(54-9)44(56-11)40(28-35)55-10/h17-20,23-24,26-32,36,43H,12-16,21-22,25H2,1-11H3/b18-17-,24-23+/t30-,31+,32?,36-,43-/m1/s1. The summed E-state index contributed by atoms with van der Waals surface area (Å²) >= 11 is 0. The number of unbranched alkanes of at least 4 members (excludes halogenated alkanes) is 3. The number of carbonyl (C=O) groups is 5. The van der Waals surface area contributed by atoms with Gasteiger partial charge in [-0.2, -0.15) is 0 Å². The molecule has 0 heterocycles. The quantitative estimate of drug-likeness (QED) is 0.0232. The lowest BCUT2D eigenvalue weighted by Gasteiger charge is -2.34. The number of likely N-dealkylation sites (N-methyl/N-ethyl adjacent to an activating group) is 1. The van der Waals surface area contributed by atoms with Crippen LogP contribution >= 0.6 is 0 Å². The van der Waals surface area contributed by atoms with Gasteiger partial charge in [-0.05, 0) is 75.7 Å². The van der Waals surface area contributed by atoms with Crippen molar-refractivity contribution in [3.63, 3.8) is 0 Å². The molecule has 0 saturated heterocycles. The monoisotopic (exact) mass is 840 g/mol. The molecule has 2 rings (SSSR count). The summed E-state index contributed by atoms with van der Waals surface area (Å²) in [5.41, 5.74) is 1.52. The average molecular weight is 841 g/mol. The number of amides is 1. The maximum Gasteiger partial charge on any atom is 0.323 e. The molecule has 0 aliphatic heterocycles. The Bertz CT molecular complexity index is 1730. The van der Waals surface area contributed by atoms with E-state index in [2.05, 4.69) is 0 Å². The largest absolute Gasteiger partial charge is 0.493 e. The predicted octanol–water partition coefficient (Wildman–Crippen LogP) is 6.74. The zero-order chi connectivity index (χ0) is 44.8. The Kier molecular flexibility index (Phi) is 22.3. The maximum atomic E-state index is 13.0. The Morgan fingerprint density at radius 3 is 1.90 bits per heavy atom. The molecule has 2 aromatic carbocycles. The van der Waals surface area contributed by atoms with E-state index in [0.29, 0.717) is 48.7 Å². The lowest BCUT2D eigenvalue weighted by molar-refractivity contribution is -0.165. The lowest BCUT2D eigenvalue weighted by atomic mass is 9.86. The van der Waals surface area contributed by atoms with Gasteiger partial charge in [0.05, 0.1) is 47.9 Å². The van der Waals surface area contributed by atoms with Crippen molar-refractivity contribution in [3.8, 4) is 28.7 Å². The molecule has 15 nitrogen and oxygen atoms in total. The van der Waals surface area contributed by atoms with Gasteiger partial charge < -0.3 is 42.8 Å². The summed E-state index contributed by atoms with van der Waals surface area (Å²) in [5, 5.41) is 0. The fourth-order valence-corrected chi connectivity index (χ4v) is 6.10.